The van der Waals surface area contributed by atoms with Gasteiger partial charge in [0.2, 0.25) is 5.91 Å². The van der Waals surface area contributed by atoms with Crippen molar-refractivity contribution in [2.24, 2.45) is 0 Å². The number of halogens is 2. The Kier molecular flexibility index (Phi) is 18.2. The zero-order chi connectivity index (χ0) is 47.8. The van der Waals surface area contributed by atoms with E-state index in [0.717, 1.165) is 105 Å². The second-order valence-electron chi connectivity index (χ2n) is 19.2. The predicted octanol–water partition coefficient (Wildman–Crippen LogP) is 9.18. The molecule has 3 unspecified atom stereocenters. The number of benzene rings is 1. The number of rotatable bonds is 19. The van der Waals surface area contributed by atoms with Crippen molar-refractivity contribution in [1.29, 1.82) is 0 Å². The molecule has 12 heteroatoms. The number of piperidine rings is 1. The number of aromatic nitrogens is 1. The summed E-state index contributed by atoms with van der Waals surface area (Å²) in [5, 5.41) is 6.55. The first-order chi connectivity index (χ1) is 32.4. The molecular formula is C55H76ClFN7OPS. The number of likely N-dealkylation sites (N-methyl/N-ethyl adjacent to an activating group) is 1. The minimum absolute atomic E-state index is 0.0932. The predicted molar refractivity (Wildman–Crippen MR) is 289 cm³/mol. The number of allylic oxidation sites excluding steroid dienone is 6. The van der Waals surface area contributed by atoms with Gasteiger partial charge in [0.25, 0.3) is 0 Å². The largest absolute Gasteiger partial charge is 0.391 e. The number of carbonyl (C=O) groups excluding carboxylic acids is 1. The second kappa shape index (κ2) is 23.8. The third-order valence-electron chi connectivity index (χ3n) is 15.1. The van der Waals surface area contributed by atoms with E-state index >= 15 is 4.39 Å². The molecular weight excluding hydrogens is 892 g/mol. The fraction of sp³-hybridized carbons (Fsp3) is 0.527. The highest BCUT2D eigenvalue weighted by Crippen LogP contribution is 2.40. The lowest BCUT2D eigenvalue weighted by Gasteiger charge is -2.50. The first-order valence-corrected chi connectivity index (χ1v) is 26.6. The first-order valence-electron chi connectivity index (χ1n) is 25.0. The molecule has 5 heterocycles. The standard InChI is InChI=1S/C55H76ClFN7OPS/c1-8-10-19-50(39(5)58-7)61-27-22-42-30-44(66)31-46(47(42)34-61)41-20-25-60(26-21-41)23-14-12-11-13-15-24-63-40(6)52-35-62(53(65)9-2)28-29-64(52)55-45(38(4)59-33-51(55)63)32-48(56)37(3)54-43(36-67)17-16-18-49(54)57/h8,17,30-33,41,50,52,58,67H,1,4-6,9-16,18-29,34-36,66H2,2-3,7H3/b45-32+,48-37-. The highest BCUT2D eigenvalue weighted by Gasteiger charge is 2.40. The number of unbranched alkanes of at least 4 members (excludes halogenated alkanes) is 4. The highest BCUT2D eigenvalue weighted by molar-refractivity contribution is 7.80. The summed E-state index contributed by atoms with van der Waals surface area (Å²) in [5.41, 5.74) is 10.8. The van der Waals surface area contributed by atoms with Gasteiger partial charge in [-0.15, -0.1) is 15.8 Å². The van der Waals surface area contributed by atoms with Crippen molar-refractivity contribution in [3.8, 4) is 0 Å². The zero-order valence-corrected chi connectivity index (χ0v) is 43.5. The van der Waals surface area contributed by atoms with Crippen LogP contribution in [-0.4, -0.2) is 103 Å². The number of anilines is 2. The van der Waals surface area contributed by atoms with Crippen LogP contribution in [0.25, 0.3) is 12.7 Å². The maximum absolute atomic E-state index is 15.3. The van der Waals surface area contributed by atoms with E-state index < -0.39 is 0 Å². The number of nitrogens with one attached hydrogen (secondary N) is 1. The van der Waals surface area contributed by atoms with E-state index in [9.17, 15) is 4.79 Å². The molecule has 4 aliphatic heterocycles. The van der Waals surface area contributed by atoms with Gasteiger partial charge in [-0.2, -0.15) is 12.6 Å². The van der Waals surface area contributed by atoms with Gasteiger partial charge in [0.15, 0.2) is 0 Å². The molecule has 2 aromatic rings. The van der Waals surface area contributed by atoms with Crippen molar-refractivity contribution in [2.45, 2.75) is 122 Å². The molecule has 3 atom stereocenters. The molecule has 0 bridgehead atoms. The average Bonchev–Trinajstić information content (AvgIpc) is 3.34. The van der Waals surface area contributed by atoms with Crippen LogP contribution in [0.5, 0.6) is 0 Å². The second-order valence-corrected chi connectivity index (χ2v) is 20.6. The Bertz CT molecular complexity index is 2390. The fourth-order valence-corrected chi connectivity index (χ4v) is 12.2. The van der Waals surface area contributed by atoms with Crippen molar-refractivity contribution in [3.05, 3.63) is 116 Å². The van der Waals surface area contributed by atoms with Crippen molar-refractivity contribution < 1.29 is 9.18 Å². The van der Waals surface area contributed by atoms with Gasteiger partial charge >= 0.3 is 0 Å². The van der Waals surface area contributed by atoms with Crippen molar-refractivity contribution >= 4 is 68.7 Å². The first kappa shape index (κ1) is 51.2. The SMILES string of the molecule is C=CCCC(C(=C)NC)N1CCc2cc(P)cc(C3CCN(CCCCCCCN4C(=C)C5CN(C(=O)CC)CCN5c5c4cnc(=C)/c5=C\C(Cl)=C(/C)C4=C(F)CCC=C4CS)CC3)c2C1. The summed E-state index contributed by atoms with van der Waals surface area (Å²) in [7, 11) is 4.98. The monoisotopic (exact) mass is 968 g/mol. The molecule has 5 aliphatic rings. The molecule has 1 amide bonds. The number of hydrogen-bond donors (Lipinski definition) is 2. The van der Waals surface area contributed by atoms with Gasteiger partial charge in [-0.05, 0) is 123 Å². The molecule has 2 saturated heterocycles. The Labute approximate surface area is 414 Å². The van der Waals surface area contributed by atoms with Crippen LogP contribution in [0.1, 0.15) is 114 Å². The van der Waals surface area contributed by atoms with Crippen LogP contribution >= 0.6 is 33.5 Å². The number of amides is 1. The Morgan fingerprint density at radius 2 is 1.82 bits per heavy atom. The molecule has 1 aromatic carbocycles. The van der Waals surface area contributed by atoms with Crippen LogP contribution in [0.15, 0.2) is 89.2 Å². The summed E-state index contributed by atoms with van der Waals surface area (Å²) < 4.78 is 15.3. The number of piperazine rings is 1. The third-order valence-corrected chi connectivity index (χ3v) is 16.2. The lowest BCUT2D eigenvalue weighted by Crippen LogP contribution is -2.61. The molecule has 1 aromatic heterocycles. The summed E-state index contributed by atoms with van der Waals surface area (Å²) in [6.45, 7) is 29.4. The minimum atomic E-state index is -0.150. The Hall–Kier alpha value is -3.66. The number of pyridine rings is 1. The maximum atomic E-state index is 15.3. The van der Waals surface area contributed by atoms with Gasteiger partial charge in [-0.3, -0.25) is 14.7 Å². The smallest absolute Gasteiger partial charge is 0.222 e. The molecule has 1 N–H and O–H groups in total. The fourth-order valence-electron chi connectivity index (χ4n) is 11.3. The molecule has 0 radical (unpaired) electrons. The summed E-state index contributed by atoms with van der Waals surface area (Å²) in [6.07, 6.45) is 20.7. The third kappa shape index (κ3) is 11.7. The summed E-state index contributed by atoms with van der Waals surface area (Å²) in [5.74, 6) is 1.05. The molecule has 2 fully saturated rings. The minimum Gasteiger partial charge on any atom is -0.391 e. The zero-order valence-electron chi connectivity index (χ0n) is 40.7. The van der Waals surface area contributed by atoms with Crippen LogP contribution in [0.2, 0.25) is 0 Å². The Morgan fingerprint density at radius 1 is 1.07 bits per heavy atom. The quantitative estimate of drug-likeness (QED) is 0.0631. The number of likely N-dealkylation sites (tertiary alicyclic amines) is 1. The van der Waals surface area contributed by atoms with Gasteiger partial charge in [0.05, 0.1) is 29.0 Å². The van der Waals surface area contributed by atoms with Crippen LogP contribution in [0.3, 0.4) is 0 Å². The molecule has 0 saturated carbocycles. The topological polar surface area (TPSA) is 58.2 Å². The summed E-state index contributed by atoms with van der Waals surface area (Å²) >= 11 is 11.6. The van der Waals surface area contributed by atoms with Gasteiger partial charge in [-0.1, -0.05) is 81.8 Å². The van der Waals surface area contributed by atoms with Crippen molar-refractivity contribution in [1.82, 2.24) is 25.0 Å². The van der Waals surface area contributed by atoms with E-state index in [-0.39, 0.29) is 17.8 Å². The molecule has 7 rings (SSSR count). The summed E-state index contributed by atoms with van der Waals surface area (Å²) in [4.78, 5) is 29.8. The molecule has 0 spiro atoms. The molecule has 8 nitrogen and oxygen atoms in total. The van der Waals surface area contributed by atoms with Crippen LogP contribution in [-0.2, 0) is 17.8 Å². The van der Waals surface area contributed by atoms with Gasteiger partial charge in [-0.25, -0.2) is 4.39 Å². The number of thiol groups is 1. The molecule has 362 valence electrons. The Balaban J connectivity index is 0.967. The maximum Gasteiger partial charge on any atom is 0.222 e. The average molecular weight is 969 g/mol. The molecule has 67 heavy (non-hydrogen) atoms. The number of nitrogens with zero attached hydrogens (tertiary/aromatic N) is 6. The number of carbonyl (C=O) groups is 1. The van der Waals surface area contributed by atoms with Crippen molar-refractivity contribution in [2.75, 3.05) is 75.0 Å². The number of fused-ring (bicyclic) bond motifs is 4. The van der Waals surface area contributed by atoms with Crippen LogP contribution in [0.4, 0.5) is 15.8 Å². The normalized spacial score (nSPS) is 20.6. The van der Waals surface area contributed by atoms with E-state index in [2.05, 4.69) is 91.3 Å². The van der Waals surface area contributed by atoms with E-state index in [1.165, 1.54) is 43.0 Å². The molecule has 1 aliphatic carbocycles. The van der Waals surface area contributed by atoms with Gasteiger partial charge < -0.3 is 24.9 Å². The summed E-state index contributed by atoms with van der Waals surface area (Å²) in [6, 6.07) is 5.08. The Morgan fingerprint density at radius 3 is 2.54 bits per heavy atom. The van der Waals surface area contributed by atoms with E-state index in [1.807, 2.05) is 44.1 Å². The number of hydrogen-bond acceptors (Lipinski definition) is 8. The van der Waals surface area contributed by atoms with Crippen LogP contribution in [0, 0.1) is 0 Å². The van der Waals surface area contributed by atoms with Gasteiger partial charge in [0.1, 0.15) is 5.83 Å². The van der Waals surface area contributed by atoms with E-state index in [0.29, 0.717) is 78.1 Å². The van der Waals surface area contributed by atoms with E-state index in [4.69, 9.17) is 16.6 Å². The lowest BCUT2D eigenvalue weighted by molar-refractivity contribution is -0.131. The lowest BCUT2D eigenvalue weighted by atomic mass is 9.82. The highest BCUT2D eigenvalue weighted by atomic mass is 35.5. The van der Waals surface area contributed by atoms with E-state index in [1.54, 1.807) is 11.1 Å². The van der Waals surface area contributed by atoms with Crippen LogP contribution < -0.4 is 31.0 Å². The van der Waals surface area contributed by atoms with Gasteiger partial charge in [0, 0.05) is 98.2 Å². The van der Waals surface area contributed by atoms with Crippen molar-refractivity contribution in [3.63, 3.8) is 0 Å².